The van der Waals surface area contributed by atoms with E-state index in [1.54, 1.807) is 0 Å². The largest absolute Gasteiger partial charge is 0.303 e. The van der Waals surface area contributed by atoms with Gasteiger partial charge in [-0.3, -0.25) is 4.90 Å². The molecule has 2 rings (SSSR count). The Hall–Kier alpha value is -1.37. The first kappa shape index (κ1) is 14.0. The first-order valence-electron chi connectivity index (χ1n) is 7.06. The molecule has 19 heavy (non-hydrogen) atoms. The average Bonchev–Trinajstić information content (AvgIpc) is 2.47. The summed E-state index contributed by atoms with van der Waals surface area (Å²) in [6, 6.07) is 11.1. The quantitative estimate of drug-likeness (QED) is 0.880. The topological polar surface area (TPSA) is 39.1 Å². The van der Waals surface area contributed by atoms with Gasteiger partial charge in [0.15, 0.2) is 0 Å². The van der Waals surface area contributed by atoms with Crippen LogP contribution < -0.4 is 5.32 Å². The average molecular weight is 257 g/mol. The lowest BCUT2D eigenvalue weighted by atomic mass is 9.96. The Balaban J connectivity index is 1.82. The summed E-state index contributed by atoms with van der Waals surface area (Å²) in [7, 11) is 1.86. The van der Waals surface area contributed by atoms with Gasteiger partial charge in [-0.05, 0) is 50.9 Å². The van der Waals surface area contributed by atoms with E-state index in [0.29, 0.717) is 0 Å². The van der Waals surface area contributed by atoms with Crippen molar-refractivity contribution in [2.45, 2.75) is 38.3 Å². The first-order valence-corrected chi connectivity index (χ1v) is 7.06. The summed E-state index contributed by atoms with van der Waals surface area (Å²) in [5, 5.41) is 12.2. The molecule has 0 spiro atoms. The van der Waals surface area contributed by atoms with Crippen molar-refractivity contribution in [3.63, 3.8) is 0 Å². The van der Waals surface area contributed by atoms with E-state index in [1.807, 2.05) is 14.0 Å². The van der Waals surface area contributed by atoms with Gasteiger partial charge in [0.1, 0.15) is 5.54 Å². The Kier molecular flexibility index (Phi) is 4.57. The van der Waals surface area contributed by atoms with Gasteiger partial charge < -0.3 is 5.32 Å². The highest BCUT2D eigenvalue weighted by Crippen LogP contribution is 2.19. The zero-order chi connectivity index (χ0) is 13.7. The Morgan fingerprint density at radius 1 is 1.37 bits per heavy atom. The summed E-state index contributed by atoms with van der Waals surface area (Å²) < 4.78 is 0. The number of hydrogen-bond acceptors (Lipinski definition) is 3. The van der Waals surface area contributed by atoms with Crippen molar-refractivity contribution in [3.8, 4) is 6.07 Å². The molecular weight excluding hydrogens is 234 g/mol. The molecule has 0 fully saturated rings. The Morgan fingerprint density at radius 2 is 2.11 bits per heavy atom. The van der Waals surface area contributed by atoms with Crippen LogP contribution in [0.5, 0.6) is 0 Å². The molecule has 3 nitrogen and oxygen atoms in total. The molecule has 1 heterocycles. The van der Waals surface area contributed by atoms with Crippen molar-refractivity contribution in [2.75, 3.05) is 20.1 Å². The maximum absolute atomic E-state index is 9.13. The second-order valence-corrected chi connectivity index (χ2v) is 5.59. The fraction of sp³-hybridized carbons (Fsp3) is 0.562. The molecule has 3 heteroatoms. The molecule has 0 aliphatic carbocycles. The van der Waals surface area contributed by atoms with E-state index in [4.69, 9.17) is 5.26 Å². The molecular formula is C16H23N3. The van der Waals surface area contributed by atoms with Gasteiger partial charge in [-0.2, -0.15) is 5.26 Å². The van der Waals surface area contributed by atoms with Crippen LogP contribution in [-0.2, 0) is 13.0 Å². The van der Waals surface area contributed by atoms with E-state index in [9.17, 15) is 0 Å². The van der Waals surface area contributed by atoms with Crippen LogP contribution in [0.15, 0.2) is 24.3 Å². The van der Waals surface area contributed by atoms with E-state index in [-0.39, 0.29) is 5.54 Å². The van der Waals surface area contributed by atoms with Gasteiger partial charge in [0, 0.05) is 13.1 Å². The molecule has 1 unspecified atom stereocenters. The van der Waals surface area contributed by atoms with Gasteiger partial charge in [-0.1, -0.05) is 24.3 Å². The van der Waals surface area contributed by atoms with Crippen molar-refractivity contribution >= 4 is 0 Å². The number of nitrogens with one attached hydrogen (secondary N) is 1. The highest BCUT2D eigenvalue weighted by Gasteiger charge is 2.21. The third-order valence-corrected chi connectivity index (χ3v) is 4.16. The standard InChI is InChI=1S/C16H23N3/c1-16(13-17,18-2)9-5-10-19-11-8-14-6-3-4-7-15(14)12-19/h3-4,6-7,18H,5,8-12H2,1-2H3. The maximum atomic E-state index is 9.13. The Labute approximate surface area is 116 Å². The van der Waals surface area contributed by atoms with E-state index in [0.717, 1.165) is 38.9 Å². The van der Waals surface area contributed by atoms with Crippen molar-refractivity contribution in [1.82, 2.24) is 10.2 Å². The van der Waals surface area contributed by atoms with Crippen molar-refractivity contribution in [2.24, 2.45) is 0 Å². The number of benzene rings is 1. The van der Waals surface area contributed by atoms with Crippen LogP contribution in [0.4, 0.5) is 0 Å². The smallest absolute Gasteiger partial charge is 0.103 e. The molecule has 0 bridgehead atoms. The Morgan fingerprint density at radius 3 is 2.79 bits per heavy atom. The van der Waals surface area contributed by atoms with Crippen LogP contribution in [0.2, 0.25) is 0 Å². The fourth-order valence-electron chi connectivity index (χ4n) is 2.64. The highest BCUT2D eigenvalue weighted by molar-refractivity contribution is 5.29. The van der Waals surface area contributed by atoms with E-state index >= 15 is 0 Å². The molecule has 1 atom stereocenters. The molecule has 0 radical (unpaired) electrons. The lowest BCUT2D eigenvalue weighted by Crippen LogP contribution is -2.39. The number of nitriles is 1. The molecule has 1 N–H and O–H groups in total. The van der Waals surface area contributed by atoms with Crippen LogP contribution in [0.25, 0.3) is 0 Å². The number of hydrogen-bond donors (Lipinski definition) is 1. The van der Waals surface area contributed by atoms with Gasteiger partial charge in [0.2, 0.25) is 0 Å². The van der Waals surface area contributed by atoms with Crippen molar-refractivity contribution < 1.29 is 0 Å². The summed E-state index contributed by atoms with van der Waals surface area (Å²) >= 11 is 0. The van der Waals surface area contributed by atoms with Crippen LogP contribution in [0, 0.1) is 11.3 Å². The van der Waals surface area contributed by atoms with Gasteiger partial charge >= 0.3 is 0 Å². The second-order valence-electron chi connectivity index (χ2n) is 5.59. The molecule has 0 saturated heterocycles. The van der Waals surface area contributed by atoms with Crippen LogP contribution in [0.3, 0.4) is 0 Å². The maximum Gasteiger partial charge on any atom is 0.103 e. The van der Waals surface area contributed by atoms with E-state index in [1.165, 1.54) is 11.1 Å². The van der Waals surface area contributed by atoms with Crippen LogP contribution in [0.1, 0.15) is 30.9 Å². The minimum absolute atomic E-state index is 0.381. The Bertz CT molecular complexity index is 463. The summed E-state index contributed by atoms with van der Waals surface area (Å²) in [6.07, 6.45) is 3.11. The fourth-order valence-corrected chi connectivity index (χ4v) is 2.64. The molecule has 1 aromatic carbocycles. The minimum atomic E-state index is -0.381. The molecule has 1 aliphatic rings. The zero-order valence-corrected chi connectivity index (χ0v) is 11.9. The molecule has 1 aliphatic heterocycles. The lowest BCUT2D eigenvalue weighted by molar-refractivity contribution is 0.241. The summed E-state index contributed by atoms with van der Waals surface area (Å²) in [5.41, 5.74) is 2.58. The van der Waals surface area contributed by atoms with Gasteiger partial charge in [-0.25, -0.2) is 0 Å². The van der Waals surface area contributed by atoms with E-state index in [2.05, 4.69) is 40.6 Å². The molecule has 0 aromatic heterocycles. The second kappa shape index (κ2) is 6.18. The number of fused-ring (bicyclic) bond motifs is 1. The van der Waals surface area contributed by atoms with Crippen molar-refractivity contribution in [3.05, 3.63) is 35.4 Å². The summed E-state index contributed by atoms with van der Waals surface area (Å²) in [4.78, 5) is 2.50. The van der Waals surface area contributed by atoms with Crippen molar-refractivity contribution in [1.29, 1.82) is 5.26 Å². The predicted molar refractivity (Wildman–Crippen MR) is 77.7 cm³/mol. The van der Waals surface area contributed by atoms with E-state index < -0.39 is 0 Å². The minimum Gasteiger partial charge on any atom is -0.303 e. The highest BCUT2D eigenvalue weighted by atomic mass is 15.1. The molecule has 1 aromatic rings. The third kappa shape index (κ3) is 3.56. The van der Waals surface area contributed by atoms with Gasteiger partial charge in [0.05, 0.1) is 6.07 Å². The van der Waals surface area contributed by atoms with Gasteiger partial charge in [0.25, 0.3) is 0 Å². The van der Waals surface area contributed by atoms with Crippen LogP contribution >= 0.6 is 0 Å². The summed E-state index contributed by atoms with van der Waals surface area (Å²) in [6.45, 7) is 5.24. The predicted octanol–water partition coefficient (Wildman–Crippen LogP) is 2.33. The zero-order valence-electron chi connectivity index (χ0n) is 11.9. The normalized spacial score (nSPS) is 18.4. The summed E-state index contributed by atoms with van der Waals surface area (Å²) in [5.74, 6) is 0. The molecule has 0 saturated carbocycles. The number of nitrogens with zero attached hydrogens (tertiary/aromatic N) is 2. The lowest BCUT2D eigenvalue weighted by Gasteiger charge is -2.29. The molecule has 102 valence electrons. The number of rotatable bonds is 5. The monoisotopic (exact) mass is 257 g/mol. The SMILES string of the molecule is CNC(C)(C#N)CCCN1CCc2ccccc2C1. The van der Waals surface area contributed by atoms with Crippen LogP contribution in [-0.4, -0.2) is 30.6 Å². The first-order chi connectivity index (χ1) is 9.17. The third-order valence-electron chi connectivity index (χ3n) is 4.16. The molecule has 0 amide bonds. The van der Waals surface area contributed by atoms with Gasteiger partial charge in [-0.15, -0.1) is 0 Å².